The minimum atomic E-state index is -4.12. The molecule has 0 radical (unpaired) electrons. The number of hydrogen-bond donors (Lipinski definition) is 4. The molecule has 6 saturated heterocycles. The first-order valence-corrected chi connectivity index (χ1v) is 51.7. The monoisotopic (exact) mass is 1950 g/mol. The number of thioether (sulfide) groups is 3. The predicted molar refractivity (Wildman–Crippen MR) is 507 cm³/mol. The fourth-order valence-corrected chi connectivity index (χ4v) is 25.8. The Labute approximate surface area is 793 Å². The van der Waals surface area contributed by atoms with Gasteiger partial charge in [0.1, 0.15) is 55.7 Å². The molecule has 133 heavy (non-hydrogen) atoms. The summed E-state index contributed by atoms with van der Waals surface area (Å²) in [7, 11) is -12.2. The van der Waals surface area contributed by atoms with Gasteiger partial charge in [0, 0.05) is 168 Å². The average Bonchev–Trinajstić information content (AvgIpc) is 1.62. The van der Waals surface area contributed by atoms with E-state index in [1.807, 2.05) is 56.9 Å². The van der Waals surface area contributed by atoms with Gasteiger partial charge in [0.2, 0.25) is 59.6 Å². The zero-order chi connectivity index (χ0) is 97.0. The minimum Gasteiger partial charge on any atom is -0.460 e. The number of piperazine rings is 3. The Morgan fingerprint density at radius 1 is 0.429 bits per heavy atom. The summed E-state index contributed by atoms with van der Waals surface area (Å²) in [6.07, 6.45) is 8.88. The summed E-state index contributed by atoms with van der Waals surface area (Å²) in [6.45, 7) is 33.5. The molecule has 0 bridgehead atoms. The Morgan fingerprint density at radius 3 is 1.15 bits per heavy atom. The first kappa shape index (κ1) is 104. The van der Waals surface area contributed by atoms with Gasteiger partial charge in [-0.15, -0.1) is 35.3 Å². The van der Waals surface area contributed by atoms with Crippen molar-refractivity contribution in [3.8, 4) is 0 Å². The van der Waals surface area contributed by atoms with E-state index in [0.29, 0.717) is 88.8 Å². The van der Waals surface area contributed by atoms with Gasteiger partial charge in [-0.05, 0) is 187 Å². The summed E-state index contributed by atoms with van der Waals surface area (Å²) in [5.74, 6) is -4.30. The van der Waals surface area contributed by atoms with Crippen LogP contribution in [0.4, 0.5) is 10.5 Å². The summed E-state index contributed by atoms with van der Waals surface area (Å²) in [5.41, 5.74) is 1.76. The fourth-order valence-electron chi connectivity index (χ4n) is 16.3. The van der Waals surface area contributed by atoms with E-state index in [9.17, 15) is 73.2 Å². The number of aromatic nitrogens is 3. The molecule has 6 atom stereocenters. The number of Topliss-reactive ketones (excluding diaryl/α,β-unsaturated/α-hetero) is 1. The molecule has 6 fully saturated rings. The van der Waals surface area contributed by atoms with E-state index in [2.05, 4.69) is 41.1 Å². The number of hydrogen-bond acceptors (Lipinski definition) is 27. The zero-order valence-electron chi connectivity index (χ0n) is 78.2. The van der Waals surface area contributed by atoms with Crippen LogP contribution in [0.3, 0.4) is 0 Å². The molecule has 6 aliphatic heterocycles. The molecule has 0 saturated carbocycles. The second-order valence-corrected chi connectivity index (χ2v) is 48.8. The van der Waals surface area contributed by atoms with Gasteiger partial charge in [-0.3, -0.25) is 53.4 Å². The van der Waals surface area contributed by atoms with Crippen LogP contribution in [0.1, 0.15) is 145 Å². The highest BCUT2D eigenvalue weighted by Crippen LogP contribution is 2.46. The van der Waals surface area contributed by atoms with Gasteiger partial charge in [-0.25, -0.2) is 39.6 Å². The molecule has 34 nitrogen and oxygen atoms in total. The Morgan fingerprint density at radius 2 is 0.767 bits per heavy atom. The maximum Gasteiger partial charge on any atom is 0.329 e. The summed E-state index contributed by atoms with van der Waals surface area (Å²) in [4.78, 5) is 157. The van der Waals surface area contributed by atoms with Gasteiger partial charge >= 0.3 is 23.9 Å². The third-order valence-electron chi connectivity index (χ3n) is 23.3. The molecular formula is C93H125N15O19S6. The maximum atomic E-state index is 14.3. The van der Waals surface area contributed by atoms with Crippen molar-refractivity contribution in [2.75, 3.05) is 108 Å². The Bertz CT molecular complexity index is 5480. The van der Waals surface area contributed by atoms with Gasteiger partial charge < -0.3 is 55.1 Å². The molecule has 3 aromatic carbocycles. The first-order valence-electron chi connectivity index (χ1n) is 44.4. The first-order chi connectivity index (χ1) is 62.4. The number of sulfonamides is 3. The molecule has 3 aromatic heterocycles. The fraction of sp³-hybridized carbons (Fsp3) is 0.538. The van der Waals surface area contributed by atoms with Crippen molar-refractivity contribution in [2.45, 2.75) is 225 Å². The van der Waals surface area contributed by atoms with Crippen molar-refractivity contribution in [3.05, 3.63) is 174 Å². The second kappa shape index (κ2) is 43.7. The van der Waals surface area contributed by atoms with Crippen LogP contribution >= 0.6 is 35.3 Å². The Kier molecular flexibility index (Phi) is 34.1. The van der Waals surface area contributed by atoms with E-state index < -0.39 is 133 Å². The lowest BCUT2D eigenvalue weighted by molar-refractivity contribution is -0.161. The van der Waals surface area contributed by atoms with Crippen molar-refractivity contribution in [2.24, 2.45) is 5.92 Å². The van der Waals surface area contributed by atoms with Crippen LogP contribution in [0.2, 0.25) is 0 Å². The molecule has 6 aliphatic rings. The molecular weight excluding hydrogens is 1820 g/mol. The maximum absolute atomic E-state index is 14.3. The van der Waals surface area contributed by atoms with E-state index in [4.69, 9.17) is 14.2 Å². The highest BCUT2D eigenvalue weighted by Gasteiger charge is 2.55. The summed E-state index contributed by atoms with van der Waals surface area (Å²) < 4.78 is 100. The molecule has 12 rings (SSSR count). The standard InChI is InChI=1S/C63H84N10O13S4.C30H41N5O6S2/c1-60(2,3)85-57(78)46(38-51(74)54-62(7,8)87-41-72(54)89(81,82)48-13-11-24-64-39-48)35-43-19-21-47(22-20-43)66-59(80)71-29-27-68(28-30-71)26-23-52(75)69-31-33-70(34-32-69)53(76)37-45-17-15-44(16-18-45)36-50(58(79)86-61(4,5)6)67-56(77)55-63(9,10)88-42-73(55)90(83,84)49-14-12-25-65-40-49;1-29(2,3)41-28(38)24(17-21-8-10-22(11-9-21)18-25(36)34-15-13-31-14-16-34)33-27(37)26-30(4,5)42-20-35(26)43(39,40)23-7-6-12-32-19-23/h11-22,24-25,39-40,46,50,54-55H,23,26-38,41-42H2,1-10H3,(H,66,80)(H,67,77);6-12,19,24,26,31H,13-18,20H2,1-5H3,(H,33,37)/t46-,50+,54-,55-;24-,26+/m10/s1. The van der Waals surface area contributed by atoms with E-state index in [1.165, 1.54) is 117 Å². The third kappa shape index (κ3) is 27.9. The number of ketones is 1. The quantitative estimate of drug-likeness (QED) is 0.0246. The third-order valence-corrected chi connectivity index (χ3v) is 33.3. The van der Waals surface area contributed by atoms with Crippen molar-refractivity contribution in [1.29, 1.82) is 0 Å². The van der Waals surface area contributed by atoms with Crippen molar-refractivity contribution >= 4 is 130 Å². The number of carbonyl (C=O) groups is 10. The Hall–Kier alpha value is -9.49. The molecule has 0 unspecified atom stereocenters. The number of benzene rings is 3. The second-order valence-electron chi connectivity index (χ2n) is 38.4. The molecule has 6 aromatic rings. The normalized spacial score (nSPS) is 20.0. The number of urea groups is 1. The van der Waals surface area contributed by atoms with Gasteiger partial charge in [0.05, 0.1) is 42.4 Å². The van der Waals surface area contributed by atoms with E-state index in [1.54, 1.807) is 139 Å². The largest absolute Gasteiger partial charge is 0.460 e. The molecule has 722 valence electrons. The average molecular weight is 1950 g/mol. The van der Waals surface area contributed by atoms with Gasteiger partial charge in [0.25, 0.3) is 0 Å². The van der Waals surface area contributed by atoms with Gasteiger partial charge in [0.15, 0.2) is 5.78 Å². The molecule has 7 amide bonds. The molecule has 9 heterocycles. The van der Waals surface area contributed by atoms with Gasteiger partial charge in [-0.1, -0.05) is 60.7 Å². The SMILES string of the molecule is CC(C)(C)OC(=O)[C@@H](CC(=O)[C@H]1N(S(=O)(=O)c2cccnc2)CSC1(C)C)Cc1ccc(NC(=O)N2CCN(CCC(=O)N3CCN(C(=O)Cc4ccc(C[C@H](NC(=O)[C@H]5N(S(=O)(=O)c6cccnc6)CSC5(C)C)C(=O)OC(C)(C)C)cc4)CC3)CC2)cc1.CC(C)(C)OC(=O)[C@H](Cc1ccc(CC(=O)N2CCNCC2)cc1)NC(=O)[C@H]1N(S(=O)(=O)c2cccnc2)CSC1(C)C. The number of pyridine rings is 3. The molecule has 0 spiro atoms. The summed E-state index contributed by atoms with van der Waals surface area (Å²) in [6, 6.07) is 24.6. The number of esters is 3. The number of ether oxygens (including phenoxy) is 3. The number of nitrogens with one attached hydrogen (secondary N) is 4. The van der Waals surface area contributed by atoms with Crippen LogP contribution in [-0.2, 0) is 120 Å². The Balaban J connectivity index is 0.000000330. The van der Waals surface area contributed by atoms with E-state index >= 15 is 0 Å². The molecule has 40 heteroatoms. The van der Waals surface area contributed by atoms with Crippen molar-refractivity contribution < 1.29 is 87.4 Å². The van der Waals surface area contributed by atoms with Gasteiger partial charge in [-0.2, -0.15) is 12.9 Å². The van der Waals surface area contributed by atoms with Crippen LogP contribution in [-0.4, -0.2) is 301 Å². The smallest absolute Gasteiger partial charge is 0.329 e. The van der Waals surface area contributed by atoms with Crippen LogP contribution in [0.15, 0.2) is 161 Å². The highest BCUT2D eigenvalue weighted by atomic mass is 32.2. The van der Waals surface area contributed by atoms with Crippen molar-refractivity contribution in [1.82, 2.24) is 68.3 Å². The number of amides is 7. The topological polar surface area (TPSA) is 414 Å². The van der Waals surface area contributed by atoms with Crippen molar-refractivity contribution in [3.63, 3.8) is 0 Å². The van der Waals surface area contributed by atoms with Crippen LogP contribution in [0, 0.1) is 5.92 Å². The molecule has 4 N–H and O–H groups in total. The van der Waals surface area contributed by atoms with Crippen LogP contribution < -0.4 is 21.3 Å². The summed E-state index contributed by atoms with van der Waals surface area (Å²) >= 11 is 4.01. The number of rotatable bonds is 30. The summed E-state index contributed by atoms with van der Waals surface area (Å²) in [5, 5.41) is 11.8. The van der Waals surface area contributed by atoms with Crippen LogP contribution in [0.5, 0.6) is 0 Å². The lowest BCUT2D eigenvalue weighted by Gasteiger charge is -2.36. The number of nitrogens with zero attached hydrogens (tertiary/aromatic N) is 11. The highest BCUT2D eigenvalue weighted by molar-refractivity contribution is 8.02. The lowest BCUT2D eigenvalue weighted by atomic mass is 9.88. The van der Waals surface area contributed by atoms with E-state index in [0.717, 1.165) is 34.1 Å². The minimum absolute atomic E-state index is 0.00897. The molecule has 0 aliphatic carbocycles. The lowest BCUT2D eigenvalue weighted by Crippen LogP contribution is -2.57. The number of carbonyl (C=O) groups excluding carboxylic acids is 10. The zero-order valence-corrected chi connectivity index (χ0v) is 83.1. The van der Waals surface area contributed by atoms with E-state index in [-0.39, 0.29) is 101 Å². The number of anilines is 1. The van der Waals surface area contributed by atoms with Crippen LogP contribution in [0.25, 0.3) is 0 Å². The predicted octanol–water partition coefficient (Wildman–Crippen LogP) is 7.81.